The highest BCUT2D eigenvalue weighted by molar-refractivity contribution is 7.11. The molecule has 1 heterocycles. The second-order valence-corrected chi connectivity index (χ2v) is 7.94. The summed E-state index contributed by atoms with van der Waals surface area (Å²) < 4.78 is 10.8. The Labute approximate surface area is 171 Å². The first-order chi connectivity index (χ1) is 13.4. The van der Waals surface area contributed by atoms with E-state index in [-0.39, 0.29) is 6.04 Å². The van der Waals surface area contributed by atoms with Crippen molar-refractivity contribution in [3.63, 3.8) is 0 Å². The molecule has 0 aliphatic heterocycles. The zero-order chi connectivity index (χ0) is 20.7. The monoisotopic (exact) mass is 405 g/mol. The summed E-state index contributed by atoms with van der Waals surface area (Å²) in [4.78, 5) is 12.3. The lowest BCUT2D eigenvalue weighted by molar-refractivity contribution is 0.295. The molecule has 0 saturated carbocycles. The number of thiazole rings is 1. The van der Waals surface area contributed by atoms with Crippen molar-refractivity contribution in [2.75, 3.05) is 41.9 Å². The van der Waals surface area contributed by atoms with Crippen molar-refractivity contribution >= 4 is 17.3 Å². The first-order valence-corrected chi connectivity index (χ1v) is 9.97. The molecule has 8 heteroatoms. The van der Waals surface area contributed by atoms with E-state index in [2.05, 4.69) is 52.6 Å². The summed E-state index contributed by atoms with van der Waals surface area (Å²) in [5, 5.41) is 7.80. The zero-order valence-corrected chi connectivity index (χ0v) is 18.6. The number of aromatic nitrogens is 1. The lowest BCUT2D eigenvalue weighted by atomic mass is 10.1. The molecule has 0 aliphatic carbocycles. The van der Waals surface area contributed by atoms with E-state index in [1.54, 1.807) is 32.6 Å². The maximum atomic E-state index is 5.45. The number of nitrogens with one attached hydrogen (secondary N) is 2. The van der Waals surface area contributed by atoms with Crippen LogP contribution in [0.15, 0.2) is 23.2 Å². The maximum absolute atomic E-state index is 5.45. The van der Waals surface area contributed by atoms with E-state index in [4.69, 9.17) is 9.47 Å². The van der Waals surface area contributed by atoms with E-state index < -0.39 is 0 Å². The van der Waals surface area contributed by atoms with Gasteiger partial charge in [-0.3, -0.25) is 4.99 Å². The highest BCUT2D eigenvalue weighted by Gasteiger charge is 2.17. The largest absolute Gasteiger partial charge is 0.493 e. The molecule has 0 bridgehead atoms. The first-order valence-electron chi connectivity index (χ1n) is 9.15. The van der Waals surface area contributed by atoms with Crippen molar-refractivity contribution in [2.45, 2.75) is 26.4 Å². The molecule has 0 spiro atoms. The fraction of sp³-hybridized carbons (Fsp3) is 0.500. The number of rotatable bonds is 8. The number of aryl methyl sites for hydroxylation is 2. The molecule has 2 rings (SSSR count). The fourth-order valence-corrected chi connectivity index (χ4v) is 3.72. The molecule has 7 nitrogen and oxygen atoms in total. The van der Waals surface area contributed by atoms with E-state index in [9.17, 15) is 0 Å². The zero-order valence-electron chi connectivity index (χ0n) is 17.8. The van der Waals surface area contributed by atoms with Crippen molar-refractivity contribution in [2.24, 2.45) is 4.99 Å². The SMILES string of the molecule is CN=C(NCc1nc(C)c(C)s1)NCC(c1ccc(OC)c(OC)c1)N(C)C. The van der Waals surface area contributed by atoms with Crippen LogP contribution >= 0.6 is 11.3 Å². The third kappa shape index (κ3) is 5.59. The average Bonchev–Trinajstić information content (AvgIpc) is 3.01. The minimum atomic E-state index is 0.141. The van der Waals surface area contributed by atoms with Crippen LogP contribution in [0.3, 0.4) is 0 Å². The summed E-state index contributed by atoms with van der Waals surface area (Å²) in [6.07, 6.45) is 0. The summed E-state index contributed by atoms with van der Waals surface area (Å²) >= 11 is 1.71. The fourth-order valence-electron chi connectivity index (χ4n) is 2.85. The number of methoxy groups -OCH3 is 2. The van der Waals surface area contributed by atoms with Crippen LogP contribution in [0.5, 0.6) is 11.5 Å². The minimum Gasteiger partial charge on any atom is -0.493 e. The van der Waals surface area contributed by atoms with Crippen molar-refractivity contribution in [3.8, 4) is 11.5 Å². The summed E-state index contributed by atoms with van der Waals surface area (Å²) in [5.41, 5.74) is 2.22. The molecule has 28 heavy (non-hydrogen) atoms. The van der Waals surface area contributed by atoms with Gasteiger partial charge in [-0.1, -0.05) is 6.07 Å². The molecule has 0 fully saturated rings. The smallest absolute Gasteiger partial charge is 0.191 e. The topological polar surface area (TPSA) is 71.0 Å². The maximum Gasteiger partial charge on any atom is 0.191 e. The van der Waals surface area contributed by atoms with E-state index in [0.717, 1.165) is 33.7 Å². The van der Waals surface area contributed by atoms with Crippen molar-refractivity contribution in [3.05, 3.63) is 39.3 Å². The number of hydrogen-bond donors (Lipinski definition) is 2. The highest BCUT2D eigenvalue weighted by atomic mass is 32.1. The quantitative estimate of drug-likeness (QED) is 0.520. The standard InChI is InChI=1S/C20H31N5O2S/c1-13-14(2)28-19(24-13)12-23-20(21-3)22-11-16(25(4)5)15-8-9-17(26-6)18(10-15)27-7/h8-10,16H,11-12H2,1-7H3,(H2,21,22,23). The van der Waals surface area contributed by atoms with Crippen LogP contribution in [0.25, 0.3) is 0 Å². The van der Waals surface area contributed by atoms with Crippen LogP contribution in [-0.2, 0) is 6.54 Å². The number of aliphatic imine (C=N–C) groups is 1. The predicted molar refractivity (Wildman–Crippen MR) is 116 cm³/mol. The Morgan fingerprint density at radius 3 is 2.43 bits per heavy atom. The Bertz CT molecular complexity index is 784. The molecule has 0 amide bonds. The van der Waals surface area contributed by atoms with Crippen molar-refractivity contribution in [1.82, 2.24) is 20.5 Å². The van der Waals surface area contributed by atoms with Gasteiger partial charge in [0, 0.05) is 18.5 Å². The molecule has 2 aromatic rings. The number of hydrogen-bond acceptors (Lipinski definition) is 6. The van der Waals surface area contributed by atoms with Crippen LogP contribution in [-0.4, -0.2) is 57.8 Å². The Kier molecular flexibility index (Phi) is 8.07. The van der Waals surface area contributed by atoms with Gasteiger partial charge in [0.25, 0.3) is 0 Å². The number of nitrogens with zero attached hydrogens (tertiary/aromatic N) is 3. The minimum absolute atomic E-state index is 0.141. The van der Waals surface area contributed by atoms with Crippen LogP contribution in [0.1, 0.15) is 27.2 Å². The predicted octanol–water partition coefficient (Wildman–Crippen LogP) is 2.75. The van der Waals surface area contributed by atoms with E-state index in [0.29, 0.717) is 13.1 Å². The van der Waals surface area contributed by atoms with Gasteiger partial charge < -0.3 is 25.0 Å². The van der Waals surface area contributed by atoms with Crippen LogP contribution < -0.4 is 20.1 Å². The number of guanidine groups is 1. The number of benzene rings is 1. The Hall–Kier alpha value is -2.32. The second-order valence-electron chi connectivity index (χ2n) is 6.65. The van der Waals surface area contributed by atoms with Crippen LogP contribution in [0.2, 0.25) is 0 Å². The Balaban J connectivity index is 2.03. The van der Waals surface area contributed by atoms with Crippen LogP contribution in [0, 0.1) is 13.8 Å². The Morgan fingerprint density at radius 1 is 1.18 bits per heavy atom. The molecule has 1 unspecified atom stereocenters. The average molecular weight is 406 g/mol. The van der Waals surface area contributed by atoms with Crippen molar-refractivity contribution in [1.29, 1.82) is 0 Å². The van der Waals surface area contributed by atoms with Gasteiger partial charge in [-0.2, -0.15) is 0 Å². The van der Waals surface area contributed by atoms with E-state index in [1.165, 1.54) is 4.88 Å². The molecule has 2 N–H and O–H groups in total. The number of ether oxygens (including phenoxy) is 2. The van der Waals surface area contributed by atoms with E-state index >= 15 is 0 Å². The summed E-state index contributed by atoms with van der Waals surface area (Å²) in [6.45, 7) is 5.47. The molecule has 0 aliphatic rings. The molecule has 0 saturated heterocycles. The molecule has 1 atom stereocenters. The van der Waals surface area contributed by atoms with Gasteiger partial charge >= 0.3 is 0 Å². The lowest BCUT2D eigenvalue weighted by Crippen LogP contribution is -2.41. The van der Waals surface area contributed by atoms with Gasteiger partial charge in [-0.25, -0.2) is 4.98 Å². The van der Waals surface area contributed by atoms with Gasteiger partial charge in [0.15, 0.2) is 17.5 Å². The molecule has 0 radical (unpaired) electrons. The molecular formula is C20H31N5O2S. The van der Waals surface area contributed by atoms with Crippen molar-refractivity contribution < 1.29 is 9.47 Å². The van der Waals surface area contributed by atoms with Gasteiger partial charge in [0.1, 0.15) is 5.01 Å². The highest BCUT2D eigenvalue weighted by Crippen LogP contribution is 2.31. The third-order valence-electron chi connectivity index (χ3n) is 4.58. The summed E-state index contributed by atoms with van der Waals surface area (Å²) in [7, 11) is 9.18. The second kappa shape index (κ2) is 10.3. The lowest BCUT2D eigenvalue weighted by Gasteiger charge is -2.26. The Morgan fingerprint density at radius 2 is 1.89 bits per heavy atom. The van der Waals surface area contributed by atoms with E-state index in [1.807, 2.05) is 19.1 Å². The summed E-state index contributed by atoms with van der Waals surface area (Å²) in [6, 6.07) is 6.15. The van der Waals surface area contributed by atoms with Gasteiger partial charge in [0.2, 0.25) is 0 Å². The molecule has 1 aromatic heterocycles. The van der Waals surface area contributed by atoms with Gasteiger partial charge in [-0.15, -0.1) is 11.3 Å². The molecule has 1 aromatic carbocycles. The van der Waals surface area contributed by atoms with Crippen LogP contribution in [0.4, 0.5) is 0 Å². The van der Waals surface area contributed by atoms with Gasteiger partial charge in [-0.05, 0) is 45.6 Å². The summed E-state index contributed by atoms with van der Waals surface area (Å²) in [5.74, 6) is 2.20. The normalized spacial score (nSPS) is 12.8. The molecule has 154 valence electrons. The third-order valence-corrected chi connectivity index (χ3v) is 5.65. The first kappa shape index (κ1) is 22.0. The van der Waals surface area contributed by atoms with Gasteiger partial charge in [0.05, 0.1) is 32.5 Å². The molecular weight excluding hydrogens is 374 g/mol. The number of likely N-dealkylation sites (N-methyl/N-ethyl adjacent to an activating group) is 1.